The molecule has 0 radical (unpaired) electrons. The zero-order chi connectivity index (χ0) is 27.2. The molecule has 3 aromatic carbocycles. The molecule has 0 saturated heterocycles. The number of carbonyl (C=O) groups is 2. The highest BCUT2D eigenvalue weighted by molar-refractivity contribution is 6.15. The number of Topliss-reactive ketones (excluding diaryl/α,β-unsaturated/α-hetero) is 1. The third-order valence-electron chi connectivity index (χ3n) is 7.25. The maximum absolute atomic E-state index is 13.3. The lowest BCUT2D eigenvalue weighted by Crippen LogP contribution is -2.21. The SMILES string of the molecule is CCCCCCCCOc1ccc(C2CC(=O)Oc3ccc4c(c32)O/C(=C\c2ccccc2OC)C4=O)cc1. The van der Waals surface area contributed by atoms with Gasteiger partial charge in [-0.25, -0.2) is 0 Å². The zero-order valence-corrected chi connectivity index (χ0v) is 22.5. The smallest absolute Gasteiger partial charge is 0.312 e. The molecule has 0 spiro atoms. The van der Waals surface area contributed by atoms with Gasteiger partial charge >= 0.3 is 5.97 Å². The van der Waals surface area contributed by atoms with E-state index in [2.05, 4.69) is 6.92 Å². The van der Waals surface area contributed by atoms with Gasteiger partial charge in [0.2, 0.25) is 5.78 Å². The Morgan fingerprint density at radius 2 is 1.67 bits per heavy atom. The molecule has 0 aromatic heterocycles. The monoisotopic (exact) mass is 526 g/mol. The van der Waals surface area contributed by atoms with E-state index in [1.165, 1.54) is 32.1 Å². The maximum Gasteiger partial charge on any atom is 0.312 e. The summed E-state index contributed by atoms with van der Waals surface area (Å²) in [6.07, 6.45) is 9.13. The van der Waals surface area contributed by atoms with Crippen LogP contribution in [0.15, 0.2) is 66.4 Å². The molecule has 0 bridgehead atoms. The maximum atomic E-state index is 13.3. The van der Waals surface area contributed by atoms with Crippen LogP contribution in [0.5, 0.6) is 23.0 Å². The fourth-order valence-corrected chi connectivity index (χ4v) is 5.19. The van der Waals surface area contributed by atoms with Crippen molar-refractivity contribution in [2.75, 3.05) is 13.7 Å². The predicted octanol–water partition coefficient (Wildman–Crippen LogP) is 7.49. The molecule has 5 rings (SSSR count). The largest absolute Gasteiger partial charge is 0.496 e. The van der Waals surface area contributed by atoms with Crippen molar-refractivity contribution >= 4 is 17.8 Å². The van der Waals surface area contributed by atoms with Crippen LogP contribution in [0.4, 0.5) is 0 Å². The normalized spacial score (nSPS) is 16.9. The third-order valence-corrected chi connectivity index (χ3v) is 7.25. The fraction of sp³-hybridized carbons (Fsp3) is 0.333. The van der Waals surface area contributed by atoms with E-state index in [-0.39, 0.29) is 29.9 Å². The van der Waals surface area contributed by atoms with Gasteiger partial charge in [-0.2, -0.15) is 0 Å². The third kappa shape index (κ3) is 5.85. The van der Waals surface area contributed by atoms with Crippen molar-refractivity contribution in [3.05, 3.63) is 88.7 Å². The Morgan fingerprint density at radius 1 is 0.897 bits per heavy atom. The standard InChI is InChI=1S/C33H34O6/c1-3-4-5-6-7-10-19-37-24-15-13-22(14-16-24)26-21-30(34)38-28-18-17-25-32(35)29(39-33(25)31(26)28)20-23-11-8-9-12-27(23)36-2/h8-9,11-18,20,26H,3-7,10,19,21H2,1-2H3/b29-20-. The number of methoxy groups -OCH3 is 1. The van der Waals surface area contributed by atoms with E-state index in [0.29, 0.717) is 35.0 Å². The van der Waals surface area contributed by atoms with Gasteiger partial charge in [0.15, 0.2) is 5.76 Å². The number of ether oxygens (including phenoxy) is 4. The minimum absolute atomic E-state index is 0.157. The van der Waals surface area contributed by atoms with Crippen molar-refractivity contribution in [2.45, 2.75) is 57.8 Å². The molecule has 2 heterocycles. The van der Waals surface area contributed by atoms with Gasteiger partial charge in [0.05, 0.1) is 25.7 Å². The molecule has 6 nitrogen and oxygen atoms in total. The van der Waals surface area contributed by atoms with Crippen molar-refractivity contribution in [3.8, 4) is 23.0 Å². The summed E-state index contributed by atoms with van der Waals surface area (Å²) >= 11 is 0. The van der Waals surface area contributed by atoms with Crippen LogP contribution in [0.1, 0.15) is 84.8 Å². The minimum Gasteiger partial charge on any atom is -0.496 e. The van der Waals surface area contributed by atoms with Crippen molar-refractivity contribution in [2.24, 2.45) is 0 Å². The number of carbonyl (C=O) groups excluding carboxylic acids is 2. The topological polar surface area (TPSA) is 71.1 Å². The Labute approximate surface area is 229 Å². The molecule has 1 unspecified atom stereocenters. The summed E-state index contributed by atoms with van der Waals surface area (Å²) in [6.45, 7) is 2.91. The van der Waals surface area contributed by atoms with Crippen LogP contribution in [-0.2, 0) is 4.79 Å². The number of fused-ring (bicyclic) bond motifs is 3. The van der Waals surface area contributed by atoms with Gasteiger partial charge in [0.1, 0.15) is 23.0 Å². The van der Waals surface area contributed by atoms with Gasteiger partial charge in [-0.3, -0.25) is 9.59 Å². The van der Waals surface area contributed by atoms with Crippen molar-refractivity contribution in [1.82, 2.24) is 0 Å². The van der Waals surface area contributed by atoms with Gasteiger partial charge in [0, 0.05) is 17.0 Å². The van der Waals surface area contributed by atoms with Crippen LogP contribution in [0.25, 0.3) is 6.08 Å². The summed E-state index contributed by atoms with van der Waals surface area (Å²) in [4.78, 5) is 25.8. The number of benzene rings is 3. The molecular weight excluding hydrogens is 492 g/mol. The summed E-state index contributed by atoms with van der Waals surface area (Å²) < 4.78 is 23.1. The molecule has 202 valence electrons. The van der Waals surface area contributed by atoms with Crippen molar-refractivity contribution < 1.29 is 28.5 Å². The molecule has 0 amide bonds. The second-order valence-electron chi connectivity index (χ2n) is 9.95. The average Bonchev–Trinajstić information content (AvgIpc) is 3.27. The Morgan fingerprint density at radius 3 is 2.46 bits per heavy atom. The first-order valence-corrected chi connectivity index (χ1v) is 13.8. The van der Waals surface area contributed by atoms with Crippen LogP contribution < -0.4 is 18.9 Å². The lowest BCUT2D eigenvalue weighted by molar-refractivity contribution is -0.135. The fourth-order valence-electron chi connectivity index (χ4n) is 5.19. The highest BCUT2D eigenvalue weighted by Crippen LogP contribution is 2.49. The molecule has 0 saturated carbocycles. The Balaban J connectivity index is 1.36. The summed E-state index contributed by atoms with van der Waals surface area (Å²) in [5.74, 6) is 1.68. The van der Waals surface area contributed by atoms with Gasteiger partial charge in [-0.1, -0.05) is 69.4 Å². The molecule has 0 N–H and O–H groups in total. The van der Waals surface area contributed by atoms with E-state index in [1.54, 1.807) is 25.3 Å². The van der Waals surface area contributed by atoms with Crippen LogP contribution in [0.2, 0.25) is 0 Å². The molecule has 0 fully saturated rings. The van der Waals surface area contributed by atoms with E-state index in [9.17, 15) is 9.59 Å². The van der Waals surface area contributed by atoms with Crippen LogP contribution in [-0.4, -0.2) is 25.5 Å². The lowest BCUT2D eigenvalue weighted by Gasteiger charge is -2.26. The van der Waals surface area contributed by atoms with Crippen LogP contribution in [0.3, 0.4) is 0 Å². The molecular formula is C33H34O6. The zero-order valence-electron chi connectivity index (χ0n) is 22.5. The highest BCUT2D eigenvalue weighted by atomic mass is 16.5. The van der Waals surface area contributed by atoms with Gasteiger partial charge < -0.3 is 18.9 Å². The lowest BCUT2D eigenvalue weighted by atomic mass is 9.84. The van der Waals surface area contributed by atoms with E-state index in [1.807, 2.05) is 48.5 Å². The number of unbranched alkanes of at least 4 members (excludes halogenated alkanes) is 5. The van der Waals surface area contributed by atoms with E-state index >= 15 is 0 Å². The number of hydrogen-bond donors (Lipinski definition) is 0. The van der Waals surface area contributed by atoms with E-state index < -0.39 is 0 Å². The predicted molar refractivity (Wildman–Crippen MR) is 150 cm³/mol. The molecule has 0 aliphatic carbocycles. The van der Waals surface area contributed by atoms with Crippen molar-refractivity contribution in [1.29, 1.82) is 0 Å². The number of para-hydroxylation sites is 1. The molecule has 1 atom stereocenters. The Hall–Kier alpha value is -4.06. The summed E-state index contributed by atoms with van der Waals surface area (Å²) in [5, 5.41) is 0. The number of rotatable bonds is 11. The van der Waals surface area contributed by atoms with Crippen molar-refractivity contribution in [3.63, 3.8) is 0 Å². The molecule has 2 aliphatic rings. The first-order valence-electron chi connectivity index (χ1n) is 13.8. The Bertz CT molecular complexity index is 1370. The molecule has 2 aliphatic heterocycles. The number of esters is 1. The molecule has 3 aromatic rings. The second-order valence-corrected chi connectivity index (χ2v) is 9.95. The summed E-state index contributed by atoms with van der Waals surface area (Å²) in [6, 6.07) is 18.6. The van der Waals surface area contributed by atoms with Crippen LogP contribution in [0, 0.1) is 0 Å². The quantitative estimate of drug-likeness (QED) is 0.112. The van der Waals surface area contributed by atoms with Gasteiger partial charge in [-0.05, 0) is 48.4 Å². The summed E-state index contributed by atoms with van der Waals surface area (Å²) in [5.41, 5.74) is 2.84. The van der Waals surface area contributed by atoms with Gasteiger partial charge in [0.25, 0.3) is 0 Å². The molecule has 6 heteroatoms. The average molecular weight is 527 g/mol. The van der Waals surface area contributed by atoms with Crippen LogP contribution >= 0.6 is 0 Å². The first kappa shape index (κ1) is 26.5. The van der Waals surface area contributed by atoms with E-state index in [4.69, 9.17) is 18.9 Å². The first-order chi connectivity index (χ1) is 19.1. The number of allylic oxidation sites excluding steroid dienone is 1. The number of ketones is 1. The summed E-state index contributed by atoms with van der Waals surface area (Å²) in [7, 11) is 1.59. The number of hydrogen-bond acceptors (Lipinski definition) is 6. The van der Waals surface area contributed by atoms with E-state index in [0.717, 1.165) is 23.3 Å². The molecule has 39 heavy (non-hydrogen) atoms. The Kier molecular flexibility index (Phi) is 8.30. The second kappa shape index (κ2) is 12.2. The minimum atomic E-state index is -0.315. The van der Waals surface area contributed by atoms with Gasteiger partial charge in [-0.15, -0.1) is 0 Å². The highest BCUT2D eigenvalue weighted by Gasteiger charge is 2.38.